The Balaban J connectivity index is 1.92. The summed E-state index contributed by atoms with van der Waals surface area (Å²) in [5.41, 5.74) is 3.28. The molecule has 31 heavy (non-hydrogen) atoms. The number of imidazole rings is 1. The fraction of sp³-hybridized carbons (Fsp3) is 0.320. The van der Waals surface area contributed by atoms with Crippen molar-refractivity contribution in [2.24, 2.45) is 11.8 Å². The zero-order valence-corrected chi connectivity index (χ0v) is 18.4. The molecule has 2 heterocycles. The first-order chi connectivity index (χ1) is 14.8. The van der Waals surface area contributed by atoms with Gasteiger partial charge in [0.2, 0.25) is 0 Å². The van der Waals surface area contributed by atoms with Gasteiger partial charge in [0.05, 0.1) is 0 Å². The largest absolute Gasteiger partial charge is 0.330 e. The maximum atomic E-state index is 12.8. The molecule has 4 aromatic rings. The van der Waals surface area contributed by atoms with Gasteiger partial charge in [-0.1, -0.05) is 82.3 Å². The molecule has 0 saturated carbocycles. The predicted octanol–water partition coefficient (Wildman–Crippen LogP) is 4.53. The molecule has 160 valence electrons. The normalized spacial score (nSPS) is 11.7. The Morgan fingerprint density at radius 1 is 0.774 bits per heavy atom. The van der Waals surface area contributed by atoms with Gasteiger partial charge in [0.1, 0.15) is 5.82 Å². The lowest BCUT2D eigenvalue weighted by atomic mass is 10.0. The van der Waals surface area contributed by atoms with E-state index in [9.17, 15) is 9.59 Å². The number of hydrogen-bond donors (Lipinski definition) is 1. The highest BCUT2D eigenvalue weighted by atomic mass is 16.2. The van der Waals surface area contributed by atoms with Gasteiger partial charge in [-0.2, -0.15) is 0 Å². The third kappa shape index (κ3) is 4.10. The van der Waals surface area contributed by atoms with E-state index in [1.54, 1.807) is 4.57 Å². The van der Waals surface area contributed by atoms with Crippen LogP contribution in [0.2, 0.25) is 0 Å². The molecule has 0 amide bonds. The van der Waals surface area contributed by atoms with Crippen molar-refractivity contribution in [3.05, 3.63) is 75.4 Å². The second-order valence-electron chi connectivity index (χ2n) is 8.82. The molecule has 0 aliphatic carbocycles. The first-order valence-corrected chi connectivity index (χ1v) is 10.7. The first-order valence-electron chi connectivity index (χ1n) is 10.7. The number of rotatable bonds is 6. The molecule has 0 spiro atoms. The zero-order valence-electron chi connectivity index (χ0n) is 18.4. The summed E-state index contributed by atoms with van der Waals surface area (Å²) in [5, 5.41) is 0. The van der Waals surface area contributed by atoms with Gasteiger partial charge in [0, 0.05) is 18.7 Å². The molecule has 2 aromatic carbocycles. The summed E-state index contributed by atoms with van der Waals surface area (Å²) < 4.78 is 3.53. The zero-order chi connectivity index (χ0) is 22.1. The quantitative estimate of drug-likeness (QED) is 0.502. The van der Waals surface area contributed by atoms with E-state index in [2.05, 4.69) is 43.1 Å². The summed E-state index contributed by atoms with van der Waals surface area (Å²) in [6.07, 6.45) is 0. The number of H-pyrrole nitrogens is 1. The van der Waals surface area contributed by atoms with Crippen LogP contribution in [0, 0.1) is 11.8 Å². The van der Waals surface area contributed by atoms with Crippen molar-refractivity contribution < 1.29 is 0 Å². The summed E-state index contributed by atoms with van der Waals surface area (Å²) in [4.78, 5) is 32.6. The SMILES string of the molecule is CC(C)Cn1c(-c2ccc(-c3ccccc3)cc2)nc2c1c(=O)[nH]c(=O)n2CC(C)C. The van der Waals surface area contributed by atoms with Gasteiger partial charge in [0.15, 0.2) is 11.2 Å². The Morgan fingerprint density at radius 3 is 1.94 bits per heavy atom. The molecular formula is C25H28N4O2. The lowest BCUT2D eigenvalue weighted by Crippen LogP contribution is -2.32. The minimum Gasteiger partial charge on any atom is -0.318 e. The molecule has 0 radical (unpaired) electrons. The Hall–Kier alpha value is -3.41. The molecule has 0 atom stereocenters. The van der Waals surface area contributed by atoms with E-state index in [1.807, 2.05) is 48.7 Å². The van der Waals surface area contributed by atoms with E-state index in [0.717, 1.165) is 16.7 Å². The average molecular weight is 417 g/mol. The maximum Gasteiger partial charge on any atom is 0.330 e. The fourth-order valence-electron chi connectivity index (χ4n) is 3.91. The van der Waals surface area contributed by atoms with E-state index < -0.39 is 5.69 Å². The summed E-state index contributed by atoms with van der Waals surface area (Å²) >= 11 is 0. The van der Waals surface area contributed by atoms with Crippen LogP contribution in [0.3, 0.4) is 0 Å². The second kappa shape index (κ2) is 8.38. The fourth-order valence-corrected chi connectivity index (χ4v) is 3.91. The third-order valence-electron chi connectivity index (χ3n) is 5.23. The lowest BCUT2D eigenvalue weighted by molar-refractivity contribution is 0.512. The second-order valence-corrected chi connectivity index (χ2v) is 8.82. The Labute approximate surface area is 181 Å². The number of benzene rings is 2. The van der Waals surface area contributed by atoms with E-state index in [4.69, 9.17) is 4.98 Å². The summed E-state index contributed by atoms with van der Waals surface area (Å²) in [6.45, 7) is 9.42. The molecule has 0 aliphatic heterocycles. The Bertz CT molecular complexity index is 1310. The van der Waals surface area contributed by atoms with Crippen molar-refractivity contribution in [3.63, 3.8) is 0 Å². The summed E-state index contributed by atoms with van der Waals surface area (Å²) in [7, 11) is 0. The molecule has 2 aromatic heterocycles. The van der Waals surface area contributed by atoms with Crippen LogP contribution < -0.4 is 11.2 Å². The molecule has 6 heteroatoms. The first kappa shape index (κ1) is 20.8. The van der Waals surface area contributed by atoms with Crippen LogP contribution in [-0.2, 0) is 13.1 Å². The number of aromatic amines is 1. The van der Waals surface area contributed by atoms with Crippen molar-refractivity contribution in [1.29, 1.82) is 0 Å². The van der Waals surface area contributed by atoms with Crippen LogP contribution in [0.15, 0.2) is 64.2 Å². The molecule has 0 aliphatic rings. The van der Waals surface area contributed by atoms with Gasteiger partial charge < -0.3 is 4.57 Å². The number of fused-ring (bicyclic) bond motifs is 1. The van der Waals surface area contributed by atoms with E-state index >= 15 is 0 Å². The van der Waals surface area contributed by atoms with E-state index in [0.29, 0.717) is 36.0 Å². The molecule has 0 fully saturated rings. The highest BCUT2D eigenvalue weighted by Gasteiger charge is 2.20. The van der Waals surface area contributed by atoms with Gasteiger partial charge >= 0.3 is 5.69 Å². The lowest BCUT2D eigenvalue weighted by Gasteiger charge is -2.12. The monoisotopic (exact) mass is 416 g/mol. The molecule has 1 N–H and O–H groups in total. The van der Waals surface area contributed by atoms with E-state index in [1.165, 1.54) is 0 Å². The van der Waals surface area contributed by atoms with Crippen molar-refractivity contribution in [2.45, 2.75) is 40.8 Å². The van der Waals surface area contributed by atoms with Gasteiger partial charge in [-0.15, -0.1) is 0 Å². The third-order valence-corrected chi connectivity index (χ3v) is 5.23. The van der Waals surface area contributed by atoms with Crippen LogP contribution in [0.4, 0.5) is 0 Å². The van der Waals surface area contributed by atoms with Gasteiger partial charge in [-0.25, -0.2) is 9.78 Å². The average Bonchev–Trinajstić information content (AvgIpc) is 3.10. The van der Waals surface area contributed by atoms with Gasteiger partial charge in [-0.05, 0) is 23.0 Å². The van der Waals surface area contributed by atoms with Crippen LogP contribution in [0.1, 0.15) is 27.7 Å². The summed E-state index contributed by atoms with van der Waals surface area (Å²) in [5.74, 6) is 1.26. The number of nitrogens with one attached hydrogen (secondary N) is 1. The van der Waals surface area contributed by atoms with Crippen LogP contribution in [0.5, 0.6) is 0 Å². The van der Waals surface area contributed by atoms with Crippen LogP contribution in [-0.4, -0.2) is 19.1 Å². The molecule has 4 rings (SSSR count). The van der Waals surface area contributed by atoms with Gasteiger partial charge in [-0.3, -0.25) is 14.3 Å². The van der Waals surface area contributed by atoms with Crippen molar-refractivity contribution >= 4 is 11.2 Å². The highest BCUT2D eigenvalue weighted by molar-refractivity contribution is 5.78. The summed E-state index contributed by atoms with van der Waals surface area (Å²) in [6, 6.07) is 18.4. The number of nitrogens with zero attached hydrogens (tertiary/aromatic N) is 3. The molecule has 0 bridgehead atoms. The minimum absolute atomic E-state index is 0.246. The van der Waals surface area contributed by atoms with E-state index in [-0.39, 0.29) is 11.5 Å². The Kier molecular flexibility index (Phi) is 5.63. The standard InChI is InChI=1S/C25H28N4O2/c1-16(2)14-28-21-23(29(15-17(3)4)25(31)27-24(21)30)26-22(28)20-12-10-19(11-13-20)18-8-6-5-7-9-18/h5-13,16-17H,14-15H2,1-4H3,(H,27,30,31). The topological polar surface area (TPSA) is 72.7 Å². The highest BCUT2D eigenvalue weighted by Crippen LogP contribution is 2.27. The minimum atomic E-state index is -0.411. The van der Waals surface area contributed by atoms with Gasteiger partial charge in [0.25, 0.3) is 5.56 Å². The van der Waals surface area contributed by atoms with Crippen LogP contribution in [0.25, 0.3) is 33.7 Å². The van der Waals surface area contributed by atoms with Crippen molar-refractivity contribution in [3.8, 4) is 22.5 Å². The maximum absolute atomic E-state index is 12.8. The smallest absolute Gasteiger partial charge is 0.318 e. The number of hydrogen-bond acceptors (Lipinski definition) is 3. The molecule has 0 unspecified atom stereocenters. The predicted molar refractivity (Wildman–Crippen MR) is 125 cm³/mol. The van der Waals surface area contributed by atoms with Crippen molar-refractivity contribution in [1.82, 2.24) is 19.1 Å². The molecule has 6 nitrogen and oxygen atoms in total. The Morgan fingerprint density at radius 2 is 1.32 bits per heavy atom. The van der Waals surface area contributed by atoms with Crippen LogP contribution >= 0.6 is 0 Å². The molecule has 0 saturated heterocycles. The number of aromatic nitrogens is 4. The van der Waals surface area contributed by atoms with Crippen molar-refractivity contribution in [2.75, 3.05) is 0 Å². The molecular weight excluding hydrogens is 388 g/mol.